The van der Waals surface area contributed by atoms with Crippen molar-refractivity contribution in [2.24, 2.45) is 0 Å². The Hall–Kier alpha value is 0.930. The van der Waals surface area contributed by atoms with Crippen LogP contribution in [0.5, 0.6) is 0 Å². The fourth-order valence-corrected chi connectivity index (χ4v) is 0.371. The Morgan fingerprint density at radius 1 is 1.33 bits per heavy atom. The molecular formula is C3H6Cl2S. The predicted molar refractivity (Wildman–Crippen MR) is 34.2 cm³/mol. The molecule has 0 spiro atoms. The van der Waals surface area contributed by atoms with E-state index in [9.17, 15) is 0 Å². The van der Waals surface area contributed by atoms with E-state index in [-0.39, 0.29) is 5.25 Å². The van der Waals surface area contributed by atoms with Gasteiger partial charge in [-0.05, 0) is 0 Å². The van der Waals surface area contributed by atoms with Crippen LogP contribution in [0.25, 0.3) is 0 Å². The second-order valence-electron chi connectivity index (χ2n) is 0.962. The van der Waals surface area contributed by atoms with Crippen LogP contribution in [0.3, 0.4) is 0 Å². The second kappa shape index (κ2) is 4.10. The van der Waals surface area contributed by atoms with Crippen LogP contribution < -0.4 is 0 Å². The molecule has 0 amide bonds. The van der Waals surface area contributed by atoms with E-state index in [1.165, 1.54) is 0 Å². The summed E-state index contributed by atoms with van der Waals surface area (Å²) in [6.45, 7) is 0. The quantitative estimate of drug-likeness (QED) is 0.444. The van der Waals surface area contributed by atoms with Gasteiger partial charge in [-0.1, -0.05) is 0 Å². The van der Waals surface area contributed by atoms with Gasteiger partial charge in [0.1, 0.15) is 0 Å². The van der Waals surface area contributed by atoms with Gasteiger partial charge in [-0.25, -0.2) is 0 Å². The van der Waals surface area contributed by atoms with E-state index in [1.807, 2.05) is 0 Å². The molecule has 0 heterocycles. The average molecular weight is 145 g/mol. The molecule has 0 rings (SSSR count). The van der Waals surface area contributed by atoms with E-state index in [1.54, 1.807) is 0 Å². The third kappa shape index (κ3) is 3.13. The Morgan fingerprint density at radius 3 is 1.67 bits per heavy atom. The Bertz CT molecular complexity index is 28.0. The van der Waals surface area contributed by atoms with Crippen LogP contribution in [-0.4, -0.2) is 17.0 Å². The lowest BCUT2D eigenvalue weighted by Gasteiger charge is -1.94. The third-order valence-corrected chi connectivity index (χ3v) is 1.90. The number of alkyl halides is 2. The third-order valence-electron chi connectivity index (χ3n) is 0.356. The van der Waals surface area contributed by atoms with Crippen LogP contribution >= 0.6 is 35.8 Å². The molecule has 0 aromatic heterocycles. The largest absolute Gasteiger partial charge is 0.173 e. The van der Waals surface area contributed by atoms with Gasteiger partial charge in [0.15, 0.2) is 0 Å². The summed E-state index contributed by atoms with van der Waals surface area (Å²) in [6.07, 6.45) is 0. The zero-order valence-corrected chi connectivity index (χ0v) is 5.60. The summed E-state index contributed by atoms with van der Waals surface area (Å²) in [4.78, 5) is 0. The van der Waals surface area contributed by atoms with Gasteiger partial charge in [-0.3, -0.25) is 0 Å². The maximum atomic E-state index is 5.29. The van der Waals surface area contributed by atoms with Gasteiger partial charge in [0.2, 0.25) is 0 Å². The molecule has 0 aliphatic heterocycles. The molecule has 0 bridgehead atoms. The number of rotatable bonds is 2. The maximum Gasteiger partial charge on any atom is 0.0351 e. The lowest BCUT2D eigenvalue weighted by atomic mass is 10.6. The van der Waals surface area contributed by atoms with Crippen molar-refractivity contribution in [2.75, 3.05) is 11.8 Å². The lowest BCUT2D eigenvalue weighted by Crippen LogP contribution is -1.99. The summed E-state index contributed by atoms with van der Waals surface area (Å²) in [5, 5.41) is 0.160. The zero-order chi connectivity index (χ0) is 4.99. The summed E-state index contributed by atoms with van der Waals surface area (Å²) < 4.78 is 0. The Balaban J connectivity index is 2.75. The van der Waals surface area contributed by atoms with Crippen LogP contribution in [-0.2, 0) is 0 Å². The standard InChI is InChI=1S/C3H6Cl2S/c4-1-3(6)2-5/h3,6H,1-2H2. The first-order valence-corrected chi connectivity index (χ1v) is 3.19. The van der Waals surface area contributed by atoms with Crippen molar-refractivity contribution in [1.82, 2.24) is 0 Å². The molecule has 0 aromatic rings. The molecule has 0 saturated carbocycles. The molecule has 38 valence electrons. The summed E-state index contributed by atoms with van der Waals surface area (Å²) in [6, 6.07) is 0. The molecule has 3 heteroatoms. The minimum atomic E-state index is 0.160. The summed E-state index contributed by atoms with van der Waals surface area (Å²) in [5.41, 5.74) is 0. The monoisotopic (exact) mass is 144 g/mol. The highest BCUT2D eigenvalue weighted by Crippen LogP contribution is 1.98. The highest BCUT2D eigenvalue weighted by atomic mass is 35.5. The van der Waals surface area contributed by atoms with E-state index in [2.05, 4.69) is 12.6 Å². The summed E-state index contributed by atoms with van der Waals surface area (Å²) >= 11 is 14.5. The van der Waals surface area contributed by atoms with Crippen molar-refractivity contribution in [2.45, 2.75) is 5.25 Å². The van der Waals surface area contributed by atoms with E-state index in [0.29, 0.717) is 11.8 Å². The van der Waals surface area contributed by atoms with Crippen molar-refractivity contribution < 1.29 is 0 Å². The molecule has 0 nitrogen and oxygen atoms in total. The van der Waals surface area contributed by atoms with Crippen molar-refractivity contribution >= 4 is 35.8 Å². The lowest BCUT2D eigenvalue weighted by molar-refractivity contribution is 1.14. The summed E-state index contributed by atoms with van der Waals surface area (Å²) in [5.74, 6) is 1.07. The van der Waals surface area contributed by atoms with Crippen LogP contribution in [0, 0.1) is 0 Å². The number of hydrogen-bond acceptors (Lipinski definition) is 1. The normalized spacial score (nSPS) is 10.0. The first kappa shape index (κ1) is 6.93. The van der Waals surface area contributed by atoms with Gasteiger partial charge in [-0.15, -0.1) is 23.2 Å². The second-order valence-corrected chi connectivity index (χ2v) is 2.31. The van der Waals surface area contributed by atoms with E-state index >= 15 is 0 Å². The van der Waals surface area contributed by atoms with Crippen LogP contribution in [0.2, 0.25) is 0 Å². The minimum Gasteiger partial charge on any atom is -0.173 e. The number of halogens is 2. The van der Waals surface area contributed by atoms with Crippen molar-refractivity contribution in [3.63, 3.8) is 0 Å². The van der Waals surface area contributed by atoms with Crippen LogP contribution in [0.15, 0.2) is 0 Å². The Morgan fingerprint density at radius 2 is 1.67 bits per heavy atom. The predicted octanol–water partition coefficient (Wildman–Crippen LogP) is 1.76. The number of thiol groups is 1. The first-order valence-electron chi connectivity index (χ1n) is 1.61. The first-order chi connectivity index (χ1) is 2.81. The van der Waals surface area contributed by atoms with Gasteiger partial charge in [0.25, 0.3) is 0 Å². The molecule has 0 aromatic carbocycles. The Kier molecular flexibility index (Phi) is 4.73. The highest BCUT2D eigenvalue weighted by Gasteiger charge is 1.93. The fraction of sp³-hybridized carbons (Fsp3) is 1.00. The van der Waals surface area contributed by atoms with Gasteiger partial charge < -0.3 is 0 Å². The van der Waals surface area contributed by atoms with E-state index in [4.69, 9.17) is 23.2 Å². The molecule has 0 radical (unpaired) electrons. The Labute approximate surface area is 53.2 Å². The van der Waals surface area contributed by atoms with Gasteiger partial charge in [0.05, 0.1) is 0 Å². The molecule has 0 N–H and O–H groups in total. The van der Waals surface area contributed by atoms with E-state index < -0.39 is 0 Å². The van der Waals surface area contributed by atoms with Crippen LogP contribution in [0.4, 0.5) is 0 Å². The SMILES string of the molecule is SC(CCl)CCl. The molecule has 0 fully saturated rings. The molecular weight excluding hydrogens is 139 g/mol. The van der Waals surface area contributed by atoms with Gasteiger partial charge >= 0.3 is 0 Å². The molecule has 0 saturated heterocycles. The molecule has 6 heavy (non-hydrogen) atoms. The molecule has 0 atom stereocenters. The smallest absolute Gasteiger partial charge is 0.0351 e. The average Bonchev–Trinajstić information content (AvgIpc) is 1.65. The van der Waals surface area contributed by atoms with Gasteiger partial charge in [0, 0.05) is 17.0 Å². The van der Waals surface area contributed by atoms with Crippen molar-refractivity contribution in [3.05, 3.63) is 0 Å². The van der Waals surface area contributed by atoms with Crippen molar-refractivity contribution in [3.8, 4) is 0 Å². The maximum absolute atomic E-state index is 5.29. The molecule has 0 aliphatic carbocycles. The molecule has 0 unspecified atom stereocenters. The van der Waals surface area contributed by atoms with Gasteiger partial charge in [-0.2, -0.15) is 12.6 Å². The topological polar surface area (TPSA) is 0 Å². The fourth-order valence-electron chi connectivity index (χ4n) is 0.0412. The van der Waals surface area contributed by atoms with Crippen LogP contribution in [0.1, 0.15) is 0 Å². The molecule has 0 aliphatic rings. The number of hydrogen-bond donors (Lipinski definition) is 1. The summed E-state index contributed by atoms with van der Waals surface area (Å²) in [7, 11) is 0. The highest BCUT2D eigenvalue weighted by molar-refractivity contribution is 7.81. The van der Waals surface area contributed by atoms with Crippen molar-refractivity contribution in [1.29, 1.82) is 0 Å². The minimum absolute atomic E-state index is 0.160. The van der Waals surface area contributed by atoms with E-state index in [0.717, 1.165) is 0 Å². The zero-order valence-electron chi connectivity index (χ0n) is 3.19.